The fourth-order valence-corrected chi connectivity index (χ4v) is 0.806. The van der Waals surface area contributed by atoms with Gasteiger partial charge in [0.15, 0.2) is 0 Å². The molecule has 0 N–H and O–H groups in total. The Balaban J connectivity index is 3.71. The standard InChI is InChI=1S/C12H20O4/c1-5-7-10(13)15-8-9-16-11(14)12(3,4)6-2/h5H,1,6-9H2,2-4H3. The third-order valence-electron chi connectivity index (χ3n) is 2.33. The Morgan fingerprint density at radius 3 is 2.31 bits per heavy atom. The van der Waals surface area contributed by atoms with Crippen molar-refractivity contribution in [3.05, 3.63) is 12.7 Å². The molecule has 0 amide bonds. The van der Waals surface area contributed by atoms with Gasteiger partial charge in [0.2, 0.25) is 0 Å². The van der Waals surface area contributed by atoms with E-state index in [1.54, 1.807) is 0 Å². The second-order valence-electron chi connectivity index (χ2n) is 4.09. The predicted molar refractivity (Wildman–Crippen MR) is 60.8 cm³/mol. The third-order valence-corrected chi connectivity index (χ3v) is 2.33. The summed E-state index contributed by atoms with van der Waals surface area (Å²) in [4.78, 5) is 22.4. The van der Waals surface area contributed by atoms with Crippen LogP contribution in [0.2, 0.25) is 0 Å². The smallest absolute Gasteiger partial charge is 0.311 e. The van der Waals surface area contributed by atoms with Crippen molar-refractivity contribution in [2.24, 2.45) is 5.41 Å². The summed E-state index contributed by atoms with van der Waals surface area (Å²) in [6.45, 7) is 9.17. The summed E-state index contributed by atoms with van der Waals surface area (Å²) in [6, 6.07) is 0. The van der Waals surface area contributed by atoms with Crippen LogP contribution in [0.5, 0.6) is 0 Å². The topological polar surface area (TPSA) is 52.6 Å². The van der Waals surface area contributed by atoms with Gasteiger partial charge in [0.05, 0.1) is 11.8 Å². The molecule has 0 saturated carbocycles. The van der Waals surface area contributed by atoms with Gasteiger partial charge in [-0.05, 0) is 20.3 Å². The Hall–Kier alpha value is -1.32. The molecule has 0 aromatic heterocycles. The summed E-state index contributed by atoms with van der Waals surface area (Å²) in [5.74, 6) is -0.629. The van der Waals surface area contributed by atoms with E-state index in [1.165, 1.54) is 6.08 Å². The first-order chi connectivity index (χ1) is 7.44. The van der Waals surface area contributed by atoms with Gasteiger partial charge in [0.1, 0.15) is 13.2 Å². The molecule has 0 aliphatic carbocycles. The zero-order chi connectivity index (χ0) is 12.6. The van der Waals surface area contributed by atoms with E-state index in [-0.39, 0.29) is 31.6 Å². The highest BCUT2D eigenvalue weighted by Crippen LogP contribution is 2.21. The molecule has 0 unspecified atom stereocenters. The van der Waals surface area contributed by atoms with Crippen molar-refractivity contribution in [2.45, 2.75) is 33.6 Å². The quantitative estimate of drug-likeness (QED) is 0.380. The van der Waals surface area contributed by atoms with Crippen molar-refractivity contribution in [3.8, 4) is 0 Å². The molecule has 0 saturated heterocycles. The maximum Gasteiger partial charge on any atom is 0.311 e. The van der Waals surface area contributed by atoms with Crippen LogP contribution in [-0.4, -0.2) is 25.2 Å². The van der Waals surface area contributed by atoms with Crippen LogP contribution in [0.15, 0.2) is 12.7 Å². The summed E-state index contributed by atoms with van der Waals surface area (Å²) in [5.41, 5.74) is -0.481. The highest BCUT2D eigenvalue weighted by Gasteiger charge is 2.26. The second-order valence-corrected chi connectivity index (χ2v) is 4.09. The number of esters is 2. The molecule has 16 heavy (non-hydrogen) atoms. The minimum absolute atomic E-state index is 0.0954. The van der Waals surface area contributed by atoms with Crippen molar-refractivity contribution in [2.75, 3.05) is 13.2 Å². The van der Waals surface area contributed by atoms with Crippen molar-refractivity contribution in [1.82, 2.24) is 0 Å². The molecule has 0 aromatic carbocycles. The summed E-state index contributed by atoms with van der Waals surface area (Å²) < 4.78 is 9.78. The summed E-state index contributed by atoms with van der Waals surface area (Å²) in [6.07, 6.45) is 2.35. The van der Waals surface area contributed by atoms with Crippen LogP contribution in [0.1, 0.15) is 33.6 Å². The SMILES string of the molecule is C=CCC(=O)OCCOC(=O)C(C)(C)CC. The number of carbonyl (C=O) groups is 2. The van der Waals surface area contributed by atoms with Crippen LogP contribution in [0.25, 0.3) is 0 Å². The fourth-order valence-electron chi connectivity index (χ4n) is 0.806. The molecule has 0 radical (unpaired) electrons. The van der Waals surface area contributed by atoms with Crippen molar-refractivity contribution in [1.29, 1.82) is 0 Å². The average Bonchev–Trinajstić information content (AvgIpc) is 2.24. The highest BCUT2D eigenvalue weighted by atomic mass is 16.6. The van der Waals surface area contributed by atoms with E-state index in [0.717, 1.165) is 0 Å². The molecule has 0 bridgehead atoms. The first kappa shape index (κ1) is 14.7. The molecule has 4 heteroatoms. The van der Waals surface area contributed by atoms with E-state index in [9.17, 15) is 9.59 Å². The summed E-state index contributed by atoms with van der Waals surface area (Å²) in [5, 5.41) is 0. The van der Waals surface area contributed by atoms with Gasteiger partial charge in [-0.3, -0.25) is 9.59 Å². The van der Waals surface area contributed by atoms with E-state index in [1.807, 2.05) is 20.8 Å². The monoisotopic (exact) mass is 228 g/mol. The minimum atomic E-state index is -0.481. The van der Waals surface area contributed by atoms with Gasteiger partial charge in [-0.2, -0.15) is 0 Å². The summed E-state index contributed by atoms with van der Waals surface area (Å²) >= 11 is 0. The van der Waals surface area contributed by atoms with E-state index >= 15 is 0 Å². The predicted octanol–water partition coefficient (Wildman–Crippen LogP) is 2.09. The summed E-state index contributed by atoms with van der Waals surface area (Å²) in [7, 11) is 0. The van der Waals surface area contributed by atoms with Gasteiger partial charge in [-0.15, -0.1) is 6.58 Å². The lowest BCUT2D eigenvalue weighted by Gasteiger charge is -2.20. The van der Waals surface area contributed by atoms with E-state index < -0.39 is 5.41 Å². The Labute approximate surface area is 96.6 Å². The van der Waals surface area contributed by atoms with Crippen molar-refractivity contribution >= 4 is 11.9 Å². The zero-order valence-corrected chi connectivity index (χ0v) is 10.2. The van der Waals surface area contributed by atoms with Crippen LogP contribution in [-0.2, 0) is 19.1 Å². The van der Waals surface area contributed by atoms with Gasteiger partial charge in [-0.25, -0.2) is 0 Å². The normalized spacial score (nSPS) is 10.7. The largest absolute Gasteiger partial charge is 0.462 e. The molecule has 0 heterocycles. The number of carbonyl (C=O) groups excluding carboxylic acids is 2. The van der Waals surface area contributed by atoms with Gasteiger partial charge < -0.3 is 9.47 Å². The van der Waals surface area contributed by atoms with Crippen LogP contribution < -0.4 is 0 Å². The molecule has 4 nitrogen and oxygen atoms in total. The number of rotatable bonds is 7. The third kappa shape index (κ3) is 5.53. The number of ether oxygens (including phenoxy) is 2. The van der Waals surface area contributed by atoms with Crippen LogP contribution >= 0.6 is 0 Å². The van der Waals surface area contributed by atoms with Crippen molar-refractivity contribution < 1.29 is 19.1 Å². The molecule has 0 aliphatic rings. The second kappa shape index (κ2) is 7.04. The molecule has 0 aliphatic heterocycles. The zero-order valence-electron chi connectivity index (χ0n) is 10.2. The molecule has 92 valence electrons. The van der Waals surface area contributed by atoms with E-state index in [4.69, 9.17) is 9.47 Å². The molecular weight excluding hydrogens is 208 g/mol. The van der Waals surface area contributed by atoms with E-state index in [2.05, 4.69) is 6.58 Å². The van der Waals surface area contributed by atoms with Crippen LogP contribution in [0, 0.1) is 5.41 Å². The molecule has 0 spiro atoms. The van der Waals surface area contributed by atoms with E-state index in [0.29, 0.717) is 6.42 Å². The number of hydrogen-bond donors (Lipinski definition) is 0. The van der Waals surface area contributed by atoms with Crippen LogP contribution in [0.4, 0.5) is 0 Å². The lowest BCUT2D eigenvalue weighted by atomic mass is 9.91. The first-order valence-corrected chi connectivity index (χ1v) is 5.37. The highest BCUT2D eigenvalue weighted by molar-refractivity contribution is 5.75. The molecular formula is C12H20O4. The lowest BCUT2D eigenvalue weighted by Crippen LogP contribution is -2.27. The Morgan fingerprint density at radius 2 is 1.81 bits per heavy atom. The Kier molecular flexibility index (Phi) is 6.46. The maximum absolute atomic E-state index is 11.5. The maximum atomic E-state index is 11.5. The average molecular weight is 228 g/mol. The molecule has 0 rings (SSSR count). The van der Waals surface area contributed by atoms with Crippen LogP contribution in [0.3, 0.4) is 0 Å². The lowest BCUT2D eigenvalue weighted by molar-refractivity contribution is -0.158. The van der Waals surface area contributed by atoms with Gasteiger partial charge in [0.25, 0.3) is 0 Å². The number of hydrogen-bond acceptors (Lipinski definition) is 4. The Morgan fingerprint density at radius 1 is 1.25 bits per heavy atom. The minimum Gasteiger partial charge on any atom is -0.462 e. The van der Waals surface area contributed by atoms with Crippen molar-refractivity contribution in [3.63, 3.8) is 0 Å². The van der Waals surface area contributed by atoms with Gasteiger partial charge in [0, 0.05) is 0 Å². The fraction of sp³-hybridized carbons (Fsp3) is 0.667. The first-order valence-electron chi connectivity index (χ1n) is 5.37. The molecule has 0 atom stereocenters. The molecule has 0 fully saturated rings. The van der Waals surface area contributed by atoms with Gasteiger partial charge >= 0.3 is 11.9 Å². The Bertz CT molecular complexity index is 256. The van der Waals surface area contributed by atoms with Gasteiger partial charge in [-0.1, -0.05) is 13.0 Å². The molecule has 0 aromatic rings.